The third-order valence-corrected chi connectivity index (χ3v) is 5.12. The fourth-order valence-electron chi connectivity index (χ4n) is 3.43. The number of morpholine rings is 1. The third-order valence-electron chi connectivity index (χ3n) is 4.90. The van der Waals surface area contributed by atoms with E-state index in [1.165, 1.54) is 0 Å². The predicted octanol–water partition coefficient (Wildman–Crippen LogP) is 2.55. The summed E-state index contributed by atoms with van der Waals surface area (Å²) in [6.45, 7) is 2.97. The van der Waals surface area contributed by atoms with Crippen molar-refractivity contribution in [1.82, 2.24) is 19.6 Å². The van der Waals surface area contributed by atoms with E-state index in [1.54, 1.807) is 0 Å². The zero-order valence-electron chi connectivity index (χ0n) is 15.6. The first-order valence-corrected chi connectivity index (χ1v) is 9.84. The summed E-state index contributed by atoms with van der Waals surface area (Å²) < 4.78 is 7.28. The summed E-state index contributed by atoms with van der Waals surface area (Å²) >= 11 is 6.05. The van der Waals surface area contributed by atoms with Crippen LogP contribution >= 0.6 is 11.6 Å². The molecule has 1 unspecified atom stereocenters. The molecule has 0 saturated carbocycles. The fraction of sp³-hybridized carbons (Fsp3) is 0.333. The van der Waals surface area contributed by atoms with Crippen LogP contribution in [-0.4, -0.2) is 52.5 Å². The maximum atomic E-state index is 13.1. The lowest BCUT2D eigenvalue weighted by Crippen LogP contribution is -2.51. The molecule has 4 rings (SSSR count). The maximum Gasteiger partial charge on any atom is 0.240 e. The Morgan fingerprint density at radius 3 is 2.71 bits per heavy atom. The van der Waals surface area contributed by atoms with Crippen LogP contribution in [0.5, 0.6) is 0 Å². The lowest BCUT2D eigenvalue weighted by molar-refractivity contribution is -0.137. The van der Waals surface area contributed by atoms with Crippen LogP contribution in [0, 0.1) is 0 Å². The van der Waals surface area contributed by atoms with E-state index in [0.29, 0.717) is 44.3 Å². The number of carbonyl (C=O) groups excluding carboxylic acids is 1. The van der Waals surface area contributed by atoms with E-state index in [9.17, 15) is 4.79 Å². The number of hydrogen-bond acceptors (Lipinski definition) is 4. The SMILES string of the molecule is O=C(C(Cc1ccccc1)NCc1cn2cc(Cl)ccc2n1)N1CCOCC1. The fourth-order valence-corrected chi connectivity index (χ4v) is 3.60. The van der Waals surface area contributed by atoms with Crippen LogP contribution in [0.4, 0.5) is 0 Å². The first-order valence-electron chi connectivity index (χ1n) is 9.46. The second-order valence-electron chi connectivity index (χ2n) is 6.91. The molecule has 1 fully saturated rings. The van der Waals surface area contributed by atoms with E-state index in [1.807, 2.05) is 64.2 Å². The van der Waals surface area contributed by atoms with Crippen molar-refractivity contribution in [3.8, 4) is 0 Å². The number of rotatable bonds is 6. The van der Waals surface area contributed by atoms with E-state index in [4.69, 9.17) is 16.3 Å². The third kappa shape index (κ3) is 4.52. The number of fused-ring (bicyclic) bond motifs is 1. The smallest absolute Gasteiger partial charge is 0.240 e. The van der Waals surface area contributed by atoms with Crippen LogP contribution in [-0.2, 0) is 22.5 Å². The van der Waals surface area contributed by atoms with Crippen molar-refractivity contribution in [1.29, 1.82) is 0 Å². The normalized spacial score (nSPS) is 15.7. The lowest BCUT2D eigenvalue weighted by Gasteiger charge is -2.31. The van der Waals surface area contributed by atoms with Crippen LogP contribution in [0.3, 0.4) is 0 Å². The van der Waals surface area contributed by atoms with Crippen LogP contribution in [0.15, 0.2) is 54.9 Å². The number of amides is 1. The second-order valence-corrected chi connectivity index (χ2v) is 7.34. The van der Waals surface area contributed by atoms with Gasteiger partial charge in [0.1, 0.15) is 5.65 Å². The standard InChI is InChI=1S/C21H23ClN4O2/c22-17-6-7-20-24-18(15-26(20)14-17)13-23-19(12-16-4-2-1-3-5-16)21(27)25-8-10-28-11-9-25/h1-7,14-15,19,23H,8-13H2. The van der Waals surface area contributed by atoms with Crippen molar-refractivity contribution in [2.45, 2.75) is 19.0 Å². The van der Waals surface area contributed by atoms with Gasteiger partial charge < -0.3 is 14.0 Å². The first kappa shape index (κ1) is 18.9. The number of aromatic nitrogens is 2. The number of imidazole rings is 1. The Morgan fingerprint density at radius 1 is 1.14 bits per heavy atom. The van der Waals surface area contributed by atoms with Gasteiger partial charge in [0, 0.05) is 32.0 Å². The van der Waals surface area contributed by atoms with E-state index in [-0.39, 0.29) is 11.9 Å². The molecule has 1 saturated heterocycles. The molecule has 6 nitrogen and oxygen atoms in total. The number of hydrogen-bond donors (Lipinski definition) is 1. The summed E-state index contributed by atoms with van der Waals surface area (Å²) in [5.74, 6) is 0.110. The lowest BCUT2D eigenvalue weighted by atomic mass is 10.0. The van der Waals surface area contributed by atoms with Crippen LogP contribution in [0.2, 0.25) is 5.02 Å². The highest BCUT2D eigenvalue weighted by atomic mass is 35.5. The van der Waals surface area contributed by atoms with Crippen molar-refractivity contribution in [3.63, 3.8) is 0 Å². The summed E-state index contributed by atoms with van der Waals surface area (Å²) in [6, 6.07) is 13.5. The molecule has 1 aliphatic rings. The molecule has 1 N–H and O–H groups in total. The van der Waals surface area contributed by atoms with Crippen molar-refractivity contribution in [2.75, 3.05) is 26.3 Å². The van der Waals surface area contributed by atoms with Gasteiger partial charge in [-0.05, 0) is 24.1 Å². The molecular weight excluding hydrogens is 376 g/mol. The van der Waals surface area contributed by atoms with Gasteiger partial charge in [-0.1, -0.05) is 41.9 Å². The van der Waals surface area contributed by atoms with Gasteiger partial charge in [-0.15, -0.1) is 0 Å². The highest BCUT2D eigenvalue weighted by Crippen LogP contribution is 2.13. The summed E-state index contributed by atoms with van der Waals surface area (Å²) in [5.41, 5.74) is 2.83. The monoisotopic (exact) mass is 398 g/mol. The summed E-state index contributed by atoms with van der Waals surface area (Å²) in [6.07, 6.45) is 4.40. The molecule has 0 spiro atoms. The maximum absolute atomic E-state index is 13.1. The van der Waals surface area contributed by atoms with Gasteiger partial charge in [0.2, 0.25) is 5.91 Å². The molecule has 3 heterocycles. The van der Waals surface area contributed by atoms with Gasteiger partial charge >= 0.3 is 0 Å². The Morgan fingerprint density at radius 2 is 1.93 bits per heavy atom. The van der Waals surface area contributed by atoms with Crippen molar-refractivity contribution in [3.05, 3.63) is 71.1 Å². The molecule has 1 amide bonds. The zero-order valence-corrected chi connectivity index (χ0v) is 16.3. The van der Waals surface area contributed by atoms with Gasteiger partial charge in [0.25, 0.3) is 0 Å². The van der Waals surface area contributed by atoms with Crippen molar-refractivity contribution < 1.29 is 9.53 Å². The summed E-state index contributed by atoms with van der Waals surface area (Å²) in [5, 5.41) is 4.08. The minimum Gasteiger partial charge on any atom is -0.378 e. The Balaban J connectivity index is 1.49. The van der Waals surface area contributed by atoms with E-state index in [2.05, 4.69) is 10.3 Å². The van der Waals surface area contributed by atoms with Gasteiger partial charge in [-0.2, -0.15) is 0 Å². The molecule has 1 atom stereocenters. The molecule has 0 bridgehead atoms. The van der Waals surface area contributed by atoms with Crippen LogP contribution in [0.1, 0.15) is 11.3 Å². The molecular formula is C21H23ClN4O2. The quantitative estimate of drug-likeness (QED) is 0.693. The Hall–Kier alpha value is -2.41. The number of pyridine rings is 1. The van der Waals surface area contributed by atoms with Crippen LogP contribution < -0.4 is 5.32 Å². The molecule has 2 aromatic heterocycles. The molecule has 1 aromatic carbocycles. The predicted molar refractivity (Wildman–Crippen MR) is 108 cm³/mol. The minimum atomic E-state index is -0.311. The average molecular weight is 399 g/mol. The zero-order chi connectivity index (χ0) is 19.3. The number of nitrogens with one attached hydrogen (secondary N) is 1. The summed E-state index contributed by atoms with van der Waals surface area (Å²) in [7, 11) is 0. The van der Waals surface area contributed by atoms with Gasteiger partial charge in [0.05, 0.1) is 30.0 Å². The van der Waals surface area contributed by atoms with E-state index < -0.39 is 0 Å². The van der Waals surface area contributed by atoms with Gasteiger partial charge in [-0.3, -0.25) is 10.1 Å². The minimum absolute atomic E-state index is 0.110. The Labute approximate surface area is 169 Å². The largest absolute Gasteiger partial charge is 0.378 e. The van der Waals surface area contributed by atoms with Crippen LogP contribution in [0.25, 0.3) is 5.65 Å². The molecule has 0 radical (unpaired) electrons. The molecule has 1 aliphatic heterocycles. The highest BCUT2D eigenvalue weighted by molar-refractivity contribution is 6.30. The number of benzene rings is 1. The number of ether oxygens (including phenoxy) is 1. The number of halogens is 1. The molecule has 146 valence electrons. The van der Waals surface area contributed by atoms with Crippen molar-refractivity contribution >= 4 is 23.2 Å². The molecule has 7 heteroatoms. The topological polar surface area (TPSA) is 58.9 Å². The van der Waals surface area contributed by atoms with Gasteiger partial charge in [0.15, 0.2) is 0 Å². The molecule has 28 heavy (non-hydrogen) atoms. The van der Waals surface area contributed by atoms with Gasteiger partial charge in [-0.25, -0.2) is 4.98 Å². The summed E-state index contributed by atoms with van der Waals surface area (Å²) in [4.78, 5) is 19.6. The molecule has 3 aromatic rings. The average Bonchev–Trinajstić information content (AvgIpc) is 3.14. The Kier molecular flexibility index (Phi) is 5.90. The Bertz CT molecular complexity index is 938. The van der Waals surface area contributed by atoms with E-state index in [0.717, 1.165) is 16.9 Å². The van der Waals surface area contributed by atoms with E-state index >= 15 is 0 Å². The number of nitrogens with zero attached hydrogens (tertiary/aromatic N) is 3. The second kappa shape index (κ2) is 8.73. The molecule has 0 aliphatic carbocycles. The highest BCUT2D eigenvalue weighted by Gasteiger charge is 2.26. The number of carbonyl (C=O) groups is 1. The first-order chi connectivity index (χ1) is 13.7. The van der Waals surface area contributed by atoms with Crippen molar-refractivity contribution in [2.24, 2.45) is 0 Å².